The Balaban J connectivity index is 2.03. The van der Waals surface area contributed by atoms with Crippen LogP contribution < -0.4 is 10.2 Å². The van der Waals surface area contributed by atoms with E-state index < -0.39 is 0 Å². The molecule has 2 rings (SSSR count). The van der Waals surface area contributed by atoms with E-state index in [0.29, 0.717) is 0 Å². The molecule has 0 spiro atoms. The van der Waals surface area contributed by atoms with Crippen molar-refractivity contribution in [3.05, 3.63) is 11.1 Å². The molecule has 0 atom stereocenters. The number of hydrogen-bond acceptors (Lipinski definition) is 5. The summed E-state index contributed by atoms with van der Waals surface area (Å²) >= 11 is 1.73. The molecule has 1 aromatic rings. The third-order valence-corrected chi connectivity index (χ3v) is 4.19. The van der Waals surface area contributed by atoms with Gasteiger partial charge in [0.2, 0.25) is 0 Å². The molecular weight excluding hydrogens is 270 g/mol. The number of ether oxygens (including phenoxy) is 1. The molecule has 2 heterocycles. The van der Waals surface area contributed by atoms with Crippen LogP contribution in [0.2, 0.25) is 0 Å². The number of aromatic nitrogens is 1. The van der Waals surface area contributed by atoms with Crippen molar-refractivity contribution in [2.45, 2.75) is 58.8 Å². The van der Waals surface area contributed by atoms with Gasteiger partial charge in [-0.15, -0.1) is 11.3 Å². The van der Waals surface area contributed by atoms with Crippen LogP contribution in [0.25, 0.3) is 0 Å². The van der Waals surface area contributed by atoms with Gasteiger partial charge >= 0.3 is 0 Å². The van der Waals surface area contributed by atoms with Crippen LogP contribution in [0.3, 0.4) is 0 Å². The maximum absolute atomic E-state index is 6.12. The molecule has 1 fully saturated rings. The van der Waals surface area contributed by atoms with Crippen LogP contribution in [0, 0.1) is 0 Å². The average molecular weight is 297 g/mol. The highest BCUT2D eigenvalue weighted by atomic mass is 32.1. The highest BCUT2D eigenvalue weighted by molar-refractivity contribution is 7.13. The smallest absolute Gasteiger partial charge is 0.185 e. The first-order valence-electron chi connectivity index (χ1n) is 7.41. The fourth-order valence-corrected chi connectivity index (χ4v) is 3.66. The van der Waals surface area contributed by atoms with Crippen LogP contribution in [0.4, 0.5) is 5.13 Å². The van der Waals surface area contributed by atoms with Crippen LogP contribution in [0.5, 0.6) is 0 Å². The van der Waals surface area contributed by atoms with E-state index in [2.05, 4.69) is 50.2 Å². The molecule has 0 amide bonds. The third-order valence-electron chi connectivity index (χ3n) is 3.24. The maximum Gasteiger partial charge on any atom is 0.185 e. The molecule has 4 nitrogen and oxygen atoms in total. The molecule has 0 saturated carbocycles. The van der Waals surface area contributed by atoms with Crippen molar-refractivity contribution >= 4 is 16.5 Å². The Morgan fingerprint density at radius 1 is 1.30 bits per heavy atom. The third kappa shape index (κ3) is 4.17. The lowest BCUT2D eigenvalue weighted by Gasteiger charge is -2.47. The summed E-state index contributed by atoms with van der Waals surface area (Å²) in [7, 11) is 0. The quantitative estimate of drug-likeness (QED) is 0.848. The average Bonchev–Trinajstić information content (AvgIpc) is 2.74. The zero-order valence-corrected chi connectivity index (χ0v) is 14.1. The second-order valence-corrected chi connectivity index (χ2v) is 7.61. The summed E-state index contributed by atoms with van der Waals surface area (Å²) in [5.74, 6) is 0. The predicted octanol–water partition coefficient (Wildman–Crippen LogP) is 3.04. The molecule has 0 aromatic carbocycles. The van der Waals surface area contributed by atoms with Gasteiger partial charge in [0.15, 0.2) is 5.13 Å². The Morgan fingerprint density at radius 3 is 2.55 bits per heavy atom. The molecule has 1 aromatic heterocycles. The lowest BCUT2D eigenvalue weighted by Crippen LogP contribution is -2.57. The second-order valence-electron chi connectivity index (χ2n) is 6.78. The number of nitrogens with zero attached hydrogens (tertiary/aromatic N) is 2. The monoisotopic (exact) mass is 297 g/mol. The minimum Gasteiger partial charge on any atom is -0.366 e. The van der Waals surface area contributed by atoms with Crippen LogP contribution in [0.15, 0.2) is 5.38 Å². The van der Waals surface area contributed by atoms with E-state index in [1.807, 2.05) is 0 Å². The first kappa shape index (κ1) is 15.7. The molecule has 0 unspecified atom stereocenters. The lowest BCUT2D eigenvalue weighted by atomic mass is 9.99. The van der Waals surface area contributed by atoms with Gasteiger partial charge in [0.25, 0.3) is 0 Å². The molecule has 20 heavy (non-hydrogen) atoms. The summed E-state index contributed by atoms with van der Waals surface area (Å²) in [4.78, 5) is 7.12. The van der Waals surface area contributed by atoms with Crippen LogP contribution in [-0.2, 0) is 11.3 Å². The van der Waals surface area contributed by atoms with Crippen molar-refractivity contribution in [3.8, 4) is 0 Å². The van der Waals surface area contributed by atoms with E-state index in [4.69, 9.17) is 9.72 Å². The van der Waals surface area contributed by atoms with E-state index in [0.717, 1.165) is 43.4 Å². The topological polar surface area (TPSA) is 37.4 Å². The predicted molar refractivity (Wildman–Crippen MR) is 85.6 cm³/mol. The van der Waals surface area contributed by atoms with Crippen molar-refractivity contribution in [1.29, 1.82) is 0 Å². The SMILES string of the molecule is CCCNCc1csc(N2CC(C)(C)OC(C)(C)C2)n1. The summed E-state index contributed by atoms with van der Waals surface area (Å²) in [6.45, 7) is 14.5. The van der Waals surface area contributed by atoms with Gasteiger partial charge in [0.05, 0.1) is 16.9 Å². The zero-order chi connectivity index (χ0) is 14.8. The minimum atomic E-state index is -0.131. The molecule has 0 radical (unpaired) electrons. The minimum absolute atomic E-state index is 0.131. The lowest BCUT2D eigenvalue weighted by molar-refractivity contribution is -0.133. The molecule has 1 N–H and O–H groups in total. The van der Waals surface area contributed by atoms with E-state index in [1.54, 1.807) is 11.3 Å². The van der Waals surface area contributed by atoms with Crippen LogP contribution in [0.1, 0.15) is 46.7 Å². The van der Waals surface area contributed by atoms with Crippen molar-refractivity contribution in [3.63, 3.8) is 0 Å². The Kier molecular flexibility index (Phi) is 4.72. The van der Waals surface area contributed by atoms with Gasteiger partial charge in [-0.05, 0) is 40.7 Å². The number of hydrogen-bond donors (Lipinski definition) is 1. The first-order chi connectivity index (χ1) is 9.31. The van der Waals surface area contributed by atoms with Gasteiger partial charge < -0.3 is 15.0 Å². The number of morpholine rings is 1. The Morgan fingerprint density at radius 2 is 1.95 bits per heavy atom. The normalized spacial score (nSPS) is 21.1. The van der Waals surface area contributed by atoms with Gasteiger partial charge in [-0.3, -0.25) is 0 Å². The maximum atomic E-state index is 6.12. The molecule has 114 valence electrons. The fourth-order valence-electron chi connectivity index (χ4n) is 2.84. The van der Waals surface area contributed by atoms with E-state index in [-0.39, 0.29) is 11.2 Å². The molecule has 1 aliphatic rings. The Hall–Kier alpha value is -0.650. The standard InChI is InChI=1S/C15H27N3OS/c1-6-7-16-8-12-9-20-13(17-12)18-10-14(2,3)19-15(4,5)11-18/h9,16H,6-8,10-11H2,1-5H3. The first-order valence-corrected chi connectivity index (χ1v) is 8.29. The Bertz CT molecular complexity index is 426. The number of nitrogens with one attached hydrogen (secondary N) is 1. The molecular formula is C15H27N3OS. The van der Waals surface area contributed by atoms with Crippen molar-refractivity contribution in [2.24, 2.45) is 0 Å². The van der Waals surface area contributed by atoms with Crippen molar-refractivity contribution < 1.29 is 4.74 Å². The van der Waals surface area contributed by atoms with Gasteiger partial charge in [0, 0.05) is 25.0 Å². The second kappa shape index (κ2) is 6.00. The van der Waals surface area contributed by atoms with Crippen molar-refractivity contribution in [2.75, 3.05) is 24.5 Å². The number of anilines is 1. The van der Waals surface area contributed by atoms with Gasteiger partial charge in [-0.1, -0.05) is 6.92 Å². The summed E-state index contributed by atoms with van der Waals surface area (Å²) in [5, 5.41) is 6.67. The van der Waals surface area contributed by atoms with E-state index in [1.165, 1.54) is 0 Å². The van der Waals surface area contributed by atoms with E-state index in [9.17, 15) is 0 Å². The summed E-state index contributed by atoms with van der Waals surface area (Å²) < 4.78 is 6.12. The van der Waals surface area contributed by atoms with Gasteiger partial charge in [-0.2, -0.15) is 0 Å². The molecule has 0 aliphatic carbocycles. The Labute approximate surface area is 126 Å². The highest BCUT2D eigenvalue weighted by Crippen LogP contribution is 2.32. The van der Waals surface area contributed by atoms with Crippen LogP contribution in [-0.4, -0.2) is 35.8 Å². The van der Waals surface area contributed by atoms with E-state index >= 15 is 0 Å². The molecule has 1 aliphatic heterocycles. The molecule has 0 bridgehead atoms. The summed E-state index contributed by atoms with van der Waals surface area (Å²) in [5.41, 5.74) is 0.878. The van der Waals surface area contributed by atoms with Gasteiger partial charge in [0.1, 0.15) is 0 Å². The fraction of sp³-hybridized carbons (Fsp3) is 0.800. The summed E-state index contributed by atoms with van der Waals surface area (Å²) in [6, 6.07) is 0. The summed E-state index contributed by atoms with van der Waals surface area (Å²) in [6.07, 6.45) is 1.16. The molecule has 1 saturated heterocycles. The highest BCUT2D eigenvalue weighted by Gasteiger charge is 2.39. The van der Waals surface area contributed by atoms with Crippen LogP contribution >= 0.6 is 11.3 Å². The number of thiazole rings is 1. The molecule has 5 heteroatoms. The largest absolute Gasteiger partial charge is 0.366 e. The van der Waals surface area contributed by atoms with Crippen molar-refractivity contribution in [1.82, 2.24) is 10.3 Å². The number of rotatable bonds is 5. The van der Waals surface area contributed by atoms with Gasteiger partial charge in [-0.25, -0.2) is 4.98 Å². The zero-order valence-electron chi connectivity index (χ0n) is 13.3.